The van der Waals surface area contributed by atoms with Crippen LogP contribution < -0.4 is 11.1 Å². The standard InChI is InChI=1S/C13H14N6O/c1-7(2)18-10-6-17-13-11(19-10)9(5-16-13)3-8(4-14)12(15)20/h3,5-7H,1-2H3,(H2,15,20)(H,16,17)(H,18,19). The van der Waals surface area contributed by atoms with Gasteiger partial charge in [0.1, 0.15) is 23.0 Å². The Morgan fingerprint density at radius 2 is 2.35 bits per heavy atom. The Balaban J connectivity index is 2.50. The average molecular weight is 270 g/mol. The zero-order valence-electron chi connectivity index (χ0n) is 11.1. The highest BCUT2D eigenvalue weighted by Crippen LogP contribution is 2.19. The van der Waals surface area contributed by atoms with Gasteiger partial charge in [0.05, 0.1) is 6.20 Å². The molecule has 102 valence electrons. The van der Waals surface area contributed by atoms with Crippen LogP contribution in [0, 0.1) is 11.3 Å². The van der Waals surface area contributed by atoms with Crippen molar-refractivity contribution in [1.82, 2.24) is 15.0 Å². The summed E-state index contributed by atoms with van der Waals surface area (Å²) in [6.45, 7) is 3.98. The second-order valence-corrected chi connectivity index (χ2v) is 4.53. The Morgan fingerprint density at radius 3 is 2.95 bits per heavy atom. The lowest BCUT2D eigenvalue weighted by Gasteiger charge is -2.07. The predicted octanol–water partition coefficient (Wildman–Crippen LogP) is 1.17. The number of carbonyl (C=O) groups is 1. The van der Waals surface area contributed by atoms with Crippen LogP contribution in [0.4, 0.5) is 5.82 Å². The molecule has 2 aromatic rings. The van der Waals surface area contributed by atoms with Gasteiger partial charge in [0, 0.05) is 17.8 Å². The second kappa shape index (κ2) is 5.40. The highest BCUT2D eigenvalue weighted by atomic mass is 16.1. The van der Waals surface area contributed by atoms with E-state index in [1.54, 1.807) is 18.5 Å². The lowest BCUT2D eigenvalue weighted by atomic mass is 10.2. The first-order chi connectivity index (χ1) is 9.51. The van der Waals surface area contributed by atoms with Crippen LogP contribution in [0.3, 0.4) is 0 Å². The average Bonchev–Trinajstić information content (AvgIpc) is 2.77. The minimum absolute atomic E-state index is 0.130. The number of nitrogens with one attached hydrogen (secondary N) is 2. The summed E-state index contributed by atoms with van der Waals surface area (Å²) >= 11 is 0. The van der Waals surface area contributed by atoms with E-state index in [2.05, 4.69) is 20.3 Å². The van der Waals surface area contributed by atoms with Crippen LogP contribution in [0.5, 0.6) is 0 Å². The molecule has 0 radical (unpaired) electrons. The fraction of sp³-hybridized carbons (Fsp3) is 0.231. The number of anilines is 1. The molecule has 7 heteroatoms. The van der Waals surface area contributed by atoms with E-state index in [-0.39, 0.29) is 11.6 Å². The van der Waals surface area contributed by atoms with Crippen molar-refractivity contribution >= 4 is 29.0 Å². The molecule has 1 amide bonds. The number of fused-ring (bicyclic) bond motifs is 1. The van der Waals surface area contributed by atoms with E-state index in [0.717, 1.165) is 0 Å². The Labute approximate surface area is 115 Å². The number of nitrogens with two attached hydrogens (primary N) is 1. The highest BCUT2D eigenvalue weighted by molar-refractivity contribution is 6.02. The van der Waals surface area contributed by atoms with Gasteiger partial charge >= 0.3 is 0 Å². The molecule has 0 spiro atoms. The molecule has 0 aliphatic carbocycles. The van der Waals surface area contributed by atoms with Gasteiger partial charge in [-0.3, -0.25) is 4.79 Å². The van der Waals surface area contributed by atoms with E-state index in [1.165, 1.54) is 6.08 Å². The van der Waals surface area contributed by atoms with Crippen molar-refractivity contribution in [2.24, 2.45) is 5.73 Å². The lowest BCUT2D eigenvalue weighted by molar-refractivity contribution is -0.114. The van der Waals surface area contributed by atoms with Gasteiger partial charge in [0.25, 0.3) is 5.91 Å². The maximum absolute atomic E-state index is 11.1. The maximum atomic E-state index is 11.1. The lowest BCUT2D eigenvalue weighted by Crippen LogP contribution is -2.12. The Morgan fingerprint density at radius 1 is 1.60 bits per heavy atom. The molecule has 2 aromatic heterocycles. The molecular formula is C13H14N6O. The molecular weight excluding hydrogens is 256 g/mol. The molecule has 0 saturated carbocycles. The van der Waals surface area contributed by atoms with Gasteiger partial charge in [0.15, 0.2) is 5.65 Å². The summed E-state index contributed by atoms with van der Waals surface area (Å²) in [6, 6.07) is 1.98. The highest BCUT2D eigenvalue weighted by Gasteiger charge is 2.10. The van der Waals surface area contributed by atoms with Gasteiger partial charge in [-0.2, -0.15) is 5.26 Å². The van der Waals surface area contributed by atoms with Gasteiger partial charge in [0.2, 0.25) is 0 Å². The summed E-state index contributed by atoms with van der Waals surface area (Å²) < 4.78 is 0. The van der Waals surface area contributed by atoms with Gasteiger partial charge in [-0.15, -0.1) is 0 Å². The molecule has 0 unspecified atom stereocenters. The normalized spacial score (nSPS) is 11.6. The fourth-order valence-corrected chi connectivity index (χ4v) is 1.70. The quantitative estimate of drug-likeness (QED) is 0.569. The number of aromatic amines is 1. The summed E-state index contributed by atoms with van der Waals surface area (Å²) in [7, 11) is 0. The van der Waals surface area contributed by atoms with E-state index in [0.29, 0.717) is 22.5 Å². The molecule has 2 heterocycles. The largest absolute Gasteiger partial charge is 0.367 e. The second-order valence-electron chi connectivity index (χ2n) is 4.53. The first-order valence-corrected chi connectivity index (χ1v) is 6.03. The third kappa shape index (κ3) is 2.75. The summed E-state index contributed by atoms with van der Waals surface area (Å²) in [5.41, 5.74) is 6.73. The van der Waals surface area contributed by atoms with Gasteiger partial charge in [-0.1, -0.05) is 0 Å². The van der Waals surface area contributed by atoms with Crippen LogP contribution in [0.1, 0.15) is 19.4 Å². The maximum Gasteiger partial charge on any atom is 0.259 e. The molecule has 0 bridgehead atoms. The van der Waals surface area contributed by atoms with Crippen LogP contribution in [-0.2, 0) is 4.79 Å². The van der Waals surface area contributed by atoms with Crippen molar-refractivity contribution in [2.75, 3.05) is 5.32 Å². The molecule has 0 saturated heterocycles. The molecule has 2 rings (SSSR count). The number of nitrogens with zero attached hydrogens (tertiary/aromatic N) is 3. The summed E-state index contributed by atoms with van der Waals surface area (Å²) in [6.07, 6.45) is 4.64. The van der Waals surface area contributed by atoms with Crippen LogP contribution in [-0.4, -0.2) is 26.9 Å². The first kappa shape index (κ1) is 13.5. The van der Waals surface area contributed by atoms with Crippen LogP contribution in [0.25, 0.3) is 17.2 Å². The number of carbonyl (C=O) groups excluding carboxylic acids is 1. The zero-order valence-corrected chi connectivity index (χ0v) is 11.1. The summed E-state index contributed by atoms with van der Waals surface area (Å²) in [4.78, 5) is 22.6. The van der Waals surface area contributed by atoms with Crippen molar-refractivity contribution in [3.8, 4) is 6.07 Å². The number of amides is 1. The SMILES string of the molecule is CC(C)Nc1cnc2[nH]cc(C=C(C#N)C(N)=O)c2n1. The van der Waals surface area contributed by atoms with E-state index >= 15 is 0 Å². The predicted molar refractivity (Wildman–Crippen MR) is 75.4 cm³/mol. The summed E-state index contributed by atoms with van der Waals surface area (Å²) in [5, 5.41) is 12.0. The zero-order chi connectivity index (χ0) is 14.7. The molecule has 0 atom stereocenters. The summed E-state index contributed by atoms with van der Waals surface area (Å²) in [5.74, 6) is -0.148. The number of nitriles is 1. The van der Waals surface area contributed by atoms with Crippen LogP contribution >= 0.6 is 0 Å². The van der Waals surface area contributed by atoms with Crippen molar-refractivity contribution in [2.45, 2.75) is 19.9 Å². The molecule has 7 nitrogen and oxygen atoms in total. The Bertz CT molecular complexity index is 722. The number of hydrogen-bond donors (Lipinski definition) is 3. The monoisotopic (exact) mass is 270 g/mol. The molecule has 20 heavy (non-hydrogen) atoms. The van der Waals surface area contributed by atoms with Crippen LogP contribution in [0.2, 0.25) is 0 Å². The molecule has 0 fully saturated rings. The van der Waals surface area contributed by atoms with E-state index < -0.39 is 5.91 Å². The number of H-pyrrole nitrogens is 1. The van der Waals surface area contributed by atoms with E-state index in [4.69, 9.17) is 11.0 Å². The van der Waals surface area contributed by atoms with Gasteiger partial charge in [-0.25, -0.2) is 9.97 Å². The van der Waals surface area contributed by atoms with E-state index in [9.17, 15) is 4.79 Å². The number of aromatic nitrogens is 3. The Hall–Kier alpha value is -2.88. The third-order valence-corrected chi connectivity index (χ3v) is 2.53. The van der Waals surface area contributed by atoms with Gasteiger partial charge in [-0.05, 0) is 19.9 Å². The number of primary amides is 1. The smallest absolute Gasteiger partial charge is 0.259 e. The van der Waals surface area contributed by atoms with E-state index in [1.807, 2.05) is 13.8 Å². The minimum Gasteiger partial charge on any atom is -0.367 e. The van der Waals surface area contributed by atoms with Crippen LogP contribution in [0.15, 0.2) is 18.0 Å². The molecule has 0 aromatic carbocycles. The van der Waals surface area contributed by atoms with Gasteiger partial charge < -0.3 is 16.0 Å². The van der Waals surface area contributed by atoms with Crippen molar-refractivity contribution < 1.29 is 4.79 Å². The van der Waals surface area contributed by atoms with Crippen molar-refractivity contribution in [3.63, 3.8) is 0 Å². The van der Waals surface area contributed by atoms with Crippen molar-refractivity contribution in [1.29, 1.82) is 5.26 Å². The number of rotatable bonds is 4. The number of hydrogen-bond acceptors (Lipinski definition) is 5. The topological polar surface area (TPSA) is 120 Å². The third-order valence-electron chi connectivity index (χ3n) is 2.53. The Kier molecular flexibility index (Phi) is 3.66. The minimum atomic E-state index is -0.772. The fourth-order valence-electron chi connectivity index (χ4n) is 1.70. The molecule has 0 aliphatic rings. The molecule has 4 N–H and O–H groups in total. The first-order valence-electron chi connectivity index (χ1n) is 6.03. The molecule has 0 aliphatic heterocycles. The van der Waals surface area contributed by atoms with Crippen molar-refractivity contribution in [3.05, 3.63) is 23.5 Å².